The first-order valence-corrected chi connectivity index (χ1v) is 23.6. The lowest BCUT2D eigenvalue weighted by Gasteiger charge is -2.33. The number of hydrogen-bond acceptors (Lipinski definition) is 6. The van der Waals surface area contributed by atoms with Crippen LogP contribution in [0.25, 0.3) is 96.1 Å². The molecule has 5 nitrogen and oxygen atoms in total. The molecule has 14 rings (SSSR count). The molecule has 0 saturated carbocycles. The molecule has 8 aromatic carbocycles. The molecule has 1 aliphatic heterocycles. The summed E-state index contributed by atoms with van der Waals surface area (Å²) in [4.78, 5) is 5.41. The minimum atomic E-state index is -0.246. The Balaban J connectivity index is 0.901. The lowest BCUT2D eigenvalue weighted by molar-refractivity contribution is 0.411. The molecule has 0 radical (unpaired) electrons. The van der Waals surface area contributed by atoms with E-state index in [-0.39, 0.29) is 12.3 Å². The van der Waals surface area contributed by atoms with Gasteiger partial charge < -0.3 is 14.3 Å². The molecule has 304 valence electrons. The van der Waals surface area contributed by atoms with Gasteiger partial charge in [-0.25, -0.2) is 4.99 Å². The summed E-state index contributed by atoms with van der Waals surface area (Å²) in [5.41, 5.74) is 12.6. The second kappa shape index (κ2) is 14.1. The Bertz CT molecular complexity index is 3940. The molecular formula is C57H38N4OS2. The molecule has 0 amide bonds. The molecule has 12 aromatic rings. The fraction of sp³-hybridized carbons (Fsp3) is 0.0702. The van der Waals surface area contributed by atoms with Gasteiger partial charge in [0.1, 0.15) is 29.3 Å². The smallest absolute Gasteiger partial charge is 0.137 e. The average Bonchev–Trinajstić information content (AvgIpc) is 4.12. The van der Waals surface area contributed by atoms with Crippen LogP contribution < -0.4 is 10.6 Å². The van der Waals surface area contributed by atoms with Crippen molar-refractivity contribution >= 4 is 108 Å². The summed E-state index contributed by atoms with van der Waals surface area (Å²) in [6.45, 7) is 0. The van der Waals surface area contributed by atoms with E-state index >= 15 is 0 Å². The van der Waals surface area contributed by atoms with Gasteiger partial charge in [-0.15, -0.1) is 22.7 Å². The molecular weight excluding hydrogens is 821 g/mol. The highest BCUT2D eigenvalue weighted by molar-refractivity contribution is 7.26. The van der Waals surface area contributed by atoms with Crippen LogP contribution in [0.3, 0.4) is 0 Å². The van der Waals surface area contributed by atoms with E-state index in [0.717, 1.165) is 57.4 Å². The molecule has 5 heterocycles. The summed E-state index contributed by atoms with van der Waals surface area (Å²) in [5.74, 6) is 0.896. The van der Waals surface area contributed by atoms with Gasteiger partial charge in [-0.1, -0.05) is 121 Å². The third kappa shape index (κ3) is 5.48. The molecule has 0 spiro atoms. The number of amidine groups is 1. The van der Waals surface area contributed by atoms with Crippen molar-refractivity contribution < 1.29 is 4.42 Å². The molecule has 64 heavy (non-hydrogen) atoms. The van der Waals surface area contributed by atoms with E-state index < -0.39 is 0 Å². The minimum Gasteiger partial charge on any atom is -0.456 e. The Morgan fingerprint density at radius 1 is 0.578 bits per heavy atom. The first kappa shape index (κ1) is 36.2. The number of aromatic nitrogens is 1. The van der Waals surface area contributed by atoms with Gasteiger partial charge in [-0.3, -0.25) is 5.32 Å². The summed E-state index contributed by atoms with van der Waals surface area (Å²) < 4.78 is 14.2. The summed E-state index contributed by atoms with van der Waals surface area (Å²) in [6.07, 6.45) is 6.20. The Morgan fingerprint density at radius 2 is 1.34 bits per heavy atom. The number of aliphatic imine (C=N–C) groups is 1. The van der Waals surface area contributed by atoms with Crippen molar-refractivity contribution in [1.29, 1.82) is 0 Å². The summed E-state index contributed by atoms with van der Waals surface area (Å²) in [5, 5.41) is 16.4. The van der Waals surface area contributed by atoms with Crippen molar-refractivity contribution in [3.63, 3.8) is 0 Å². The molecule has 1 aliphatic carbocycles. The quantitative estimate of drug-likeness (QED) is 0.181. The number of nitrogens with zero attached hydrogens (tertiary/aromatic N) is 2. The SMILES string of the molecule is C1=Cc2c(n(-c3ccc4c(c3)oc3cccc(-c5ccc6sc7cccc(C8NC(c9cccc%10sc%11ccccc%11c9%10)=NC(c9ccccc9)N8)c7c6c5)c34)c3ccccc23)CC1. The number of allylic oxidation sites excluding steroid dienone is 1. The van der Waals surface area contributed by atoms with E-state index in [1.165, 1.54) is 79.2 Å². The van der Waals surface area contributed by atoms with Crippen molar-refractivity contribution in [1.82, 2.24) is 15.2 Å². The zero-order valence-corrected chi connectivity index (χ0v) is 36.1. The maximum Gasteiger partial charge on any atom is 0.137 e. The fourth-order valence-electron chi connectivity index (χ4n) is 10.6. The Kier molecular flexibility index (Phi) is 7.99. The topological polar surface area (TPSA) is 54.5 Å². The van der Waals surface area contributed by atoms with E-state index in [1.54, 1.807) is 0 Å². The summed E-state index contributed by atoms with van der Waals surface area (Å²) in [7, 11) is 0. The van der Waals surface area contributed by atoms with Crippen LogP contribution in [0.1, 0.15) is 46.7 Å². The standard InChI is InChI=1S/C57H38N4OS2/c1-2-13-33(14-3-1)55-58-56(41-19-11-25-50-53(41)40-17-6-9-24-48(40)63-50)60-57(59-55)42-20-12-26-51-54(42)43-31-34(27-30-49(43)64-51)36-18-10-23-46-52(36)39-29-28-35(32-47(39)62-46)61-44-21-7-4-15-37(44)38-16-5-8-22-45(38)61/h1-7,9-21,23-32,55,57,59H,8,22H2,(H,58,60). The Morgan fingerprint density at radius 3 is 2.27 bits per heavy atom. The number of rotatable bonds is 5. The second-order valence-electron chi connectivity index (χ2n) is 17.0. The number of nitrogens with one attached hydrogen (secondary N) is 2. The zero-order chi connectivity index (χ0) is 41.9. The summed E-state index contributed by atoms with van der Waals surface area (Å²) >= 11 is 3.69. The van der Waals surface area contributed by atoms with Gasteiger partial charge in [0.15, 0.2) is 0 Å². The number of hydrogen-bond donors (Lipinski definition) is 2. The van der Waals surface area contributed by atoms with E-state index in [1.807, 2.05) is 22.7 Å². The largest absolute Gasteiger partial charge is 0.456 e. The normalized spacial score (nSPS) is 16.4. The van der Waals surface area contributed by atoms with Crippen molar-refractivity contribution in [3.8, 4) is 16.8 Å². The number of fused-ring (bicyclic) bond motifs is 12. The molecule has 4 aromatic heterocycles. The van der Waals surface area contributed by atoms with Gasteiger partial charge in [-0.2, -0.15) is 0 Å². The monoisotopic (exact) mass is 858 g/mol. The molecule has 0 saturated heterocycles. The van der Waals surface area contributed by atoms with Crippen LogP contribution in [-0.4, -0.2) is 10.4 Å². The number of para-hydroxylation sites is 1. The predicted octanol–water partition coefficient (Wildman–Crippen LogP) is 15.2. The van der Waals surface area contributed by atoms with E-state index in [0.29, 0.717) is 0 Å². The Labute approximate surface area is 376 Å². The van der Waals surface area contributed by atoms with Gasteiger partial charge in [-0.05, 0) is 89.7 Å². The third-order valence-corrected chi connectivity index (χ3v) is 15.6. The van der Waals surface area contributed by atoms with Crippen LogP contribution >= 0.6 is 22.7 Å². The van der Waals surface area contributed by atoms with Crippen molar-refractivity contribution in [2.24, 2.45) is 4.99 Å². The van der Waals surface area contributed by atoms with Gasteiger partial charge >= 0.3 is 0 Å². The fourth-order valence-corrected chi connectivity index (χ4v) is 12.8. The van der Waals surface area contributed by atoms with E-state index in [9.17, 15) is 0 Å². The van der Waals surface area contributed by atoms with Gasteiger partial charge in [0.25, 0.3) is 0 Å². The van der Waals surface area contributed by atoms with E-state index in [2.05, 4.69) is 197 Å². The molecule has 0 fully saturated rings. The highest BCUT2D eigenvalue weighted by Gasteiger charge is 2.29. The van der Waals surface area contributed by atoms with Crippen LogP contribution in [0.15, 0.2) is 185 Å². The summed E-state index contributed by atoms with van der Waals surface area (Å²) in [6, 6.07) is 61.7. The average molecular weight is 859 g/mol. The van der Waals surface area contributed by atoms with E-state index in [4.69, 9.17) is 9.41 Å². The van der Waals surface area contributed by atoms with Gasteiger partial charge in [0, 0.05) is 85.1 Å². The van der Waals surface area contributed by atoms with Crippen LogP contribution in [0.2, 0.25) is 0 Å². The van der Waals surface area contributed by atoms with Crippen molar-refractivity contribution in [2.45, 2.75) is 25.2 Å². The van der Waals surface area contributed by atoms with Gasteiger partial charge in [0.2, 0.25) is 0 Å². The molecule has 2 N–H and O–H groups in total. The Hall–Kier alpha value is -7.29. The van der Waals surface area contributed by atoms with Crippen LogP contribution in [0, 0.1) is 0 Å². The van der Waals surface area contributed by atoms with Crippen LogP contribution in [-0.2, 0) is 6.42 Å². The lowest BCUT2D eigenvalue weighted by atomic mass is 9.96. The van der Waals surface area contributed by atoms with Crippen molar-refractivity contribution in [3.05, 3.63) is 204 Å². The maximum absolute atomic E-state index is 6.74. The van der Waals surface area contributed by atoms with Crippen molar-refractivity contribution in [2.75, 3.05) is 0 Å². The number of furan rings is 1. The molecule has 2 aliphatic rings. The highest BCUT2D eigenvalue weighted by Crippen LogP contribution is 2.44. The molecule has 7 heteroatoms. The van der Waals surface area contributed by atoms with Crippen LogP contribution in [0.4, 0.5) is 0 Å². The molecule has 0 bridgehead atoms. The predicted molar refractivity (Wildman–Crippen MR) is 270 cm³/mol. The third-order valence-electron chi connectivity index (χ3n) is 13.4. The maximum atomic E-state index is 6.74. The number of thiophene rings is 2. The van der Waals surface area contributed by atoms with Crippen LogP contribution in [0.5, 0.6) is 0 Å². The zero-order valence-electron chi connectivity index (χ0n) is 34.5. The second-order valence-corrected chi connectivity index (χ2v) is 19.1. The minimum absolute atomic E-state index is 0.211. The first-order valence-electron chi connectivity index (χ1n) is 22.0. The lowest BCUT2D eigenvalue weighted by Crippen LogP contribution is -2.45. The molecule has 2 atom stereocenters. The first-order chi connectivity index (χ1) is 31.7. The molecule has 2 unspecified atom stereocenters. The van der Waals surface area contributed by atoms with Gasteiger partial charge in [0.05, 0.1) is 5.52 Å². The number of benzene rings is 8. The highest BCUT2D eigenvalue weighted by atomic mass is 32.1.